The van der Waals surface area contributed by atoms with Crippen LogP contribution >= 0.6 is 0 Å². The minimum atomic E-state index is 0.274. The van der Waals surface area contributed by atoms with Crippen molar-refractivity contribution in [2.45, 2.75) is 39.0 Å². The van der Waals surface area contributed by atoms with E-state index in [1.165, 1.54) is 6.42 Å². The van der Waals surface area contributed by atoms with Crippen LogP contribution in [0.15, 0.2) is 0 Å². The minimum absolute atomic E-state index is 0.274. The quantitative estimate of drug-likeness (QED) is 0.871. The molecule has 0 amide bonds. The molecule has 5 nitrogen and oxygen atoms in total. The first-order valence-electron chi connectivity index (χ1n) is 7.22. The number of hydrogen-bond donors (Lipinski definition) is 2. The molecule has 0 aliphatic carbocycles. The number of nitrogens with two attached hydrogens (primary N) is 1. The second kappa shape index (κ2) is 5.82. The van der Waals surface area contributed by atoms with Gasteiger partial charge in [-0.3, -0.25) is 4.68 Å². The number of aliphatic hydroxyl groups excluding tert-OH is 1. The first-order valence-corrected chi connectivity index (χ1v) is 7.22. The zero-order valence-electron chi connectivity index (χ0n) is 12.3. The van der Waals surface area contributed by atoms with Crippen LogP contribution < -0.4 is 10.6 Å². The van der Waals surface area contributed by atoms with Gasteiger partial charge in [-0.2, -0.15) is 5.10 Å². The fourth-order valence-corrected chi connectivity index (χ4v) is 3.03. The third kappa shape index (κ3) is 2.86. The maximum atomic E-state index is 9.10. The van der Waals surface area contributed by atoms with Crippen LogP contribution in [0.25, 0.3) is 0 Å². The first-order chi connectivity index (χ1) is 9.04. The molecule has 0 spiro atoms. The Morgan fingerprint density at radius 3 is 2.79 bits per heavy atom. The molecular formula is C14H26N4O. The van der Waals surface area contributed by atoms with E-state index < -0.39 is 0 Å². The van der Waals surface area contributed by atoms with Crippen molar-refractivity contribution in [2.24, 2.45) is 13.0 Å². The summed E-state index contributed by atoms with van der Waals surface area (Å²) in [4.78, 5) is 2.33. The molecule has 1 atom stereocenters. The first kappa shape index (κ1) is 14.2. The van der Waals surface area contributed by atoms with Gasteiger partial charge < -0.3 is 15.7 Å². The lowest BCUT2D eigenvalue weighted by molar-refractivity contribution is 0.244. The third-order valence-electron chi connectivity index (χ3n) is 3.98. The van der Waals surface area contributed by atoms with Gasteiger partial charge in [0.1, 0.15) is 5.82 Å². The molecule has 2 rings (SSSR count). The van der Waals surface area contributed by atoms with E-state index in [4.69, 9.17) is 10.8 Å². The number of aryl methyl sites for hydroxylation is 1. The van der Waals surface area contributed by atoms with Crippen LogP contribution in [0.5, 0.6) is 0 Å². The van der Waals surface area contributed by atoms with Crippen molar-refractivity contribution in [1.82, 2.24) is 9.78 Å². The lowest BCUT2D eigenvalue weighted by Crippen LogP contribution is -2.37. The fraction of sp³-hybridized carbons (Fsp3) is 0.786. The Hall–Kier alpha value is -1.23. The topological polar surface area (TPSA) is 67.3 Å². The molecule has 108 valence electrons. The van der Waals surface area contributed by atoms with E-state index in [9.17, 15) is 0 Å². The number of piperidine rings is 1. The number of rotatable bonds is 4. The van der Waals surface area contributed by atoms with Crippen LogP contribution in [0.2, 0.25) is 0 Å². The van der Waals surface area contributed by atoms with Crippen molar-refractivity contribution < 1.29 is 5.11 Å². The molecule has 0 radical (unpaired) electrons. The maximum Gasteiger partial charge on any atom is 0.150 e. The highest BCUT2D eigenvalue weighted by Gasteiger charge is 2.25. The van der Waals surface area contributed by atoms with Crippen molar-refractivity contribution in [3.8, 4) is 0 Å². The number of hydrogen-bond acceptors (Lipinski definition) is 4. The van der Waals surface area contributed by atoms with Gasteiger partial charge in [0.25, 0.3) is 0 Å². The Labute approximate surface area is 115 Å². The molecule has 1 aromatic rings. The van der Waals surface area contributed by atoms with Gasteiger partial charge in [-0.1, -0.05) is 13.8 Å². The van der Waals surface area contributed by atoms with Gasteiger partial charge >= 0.3 is 0 Å². The SMILES string of the molecule is CC(C)c1nn(C)c(N2CCCC(CCO)C2)c1N. The van der Waals surface area contributed by atoms with E-state index in [1.54, 1.807) is 0 Å². The van der Waals surface area contributed by atoms with Gasteiger partial charge in [-0.05, 0) is 31.1 Å². The number of aromatic nitrogens is 2. The molecule has 1 aliphatic heterocycles. The van der Waals surface area contributed by atoms with Gasteiger partial charge in [-0.15, -0.1) is 0 Å². The average Bonchev–Trinajstić information content (AvgIpc) is 2.66. The van der Waals surface area contributed by atoms with E-state index >= 15 is 0 Å². The van der Waals surface area contributed by atoms with Crippen LogP contribution in [0.4, 0.5) is 11.5 Å². The highest BCUT2D eigenvalue weighted by molar-refractivity contribution is 5.67. The highest BCUT2D eigenvalue weighted by atomic mass is 16.3. The summed E-state index contributed by atoms with van der Waals surface area (Å²) in [7, 11) is 1.97. The zero-order valence-corrected chi connectivity index (χ0v) is 12.3. The monoisotopic (exact) mass is 266 g/mol. The summed E-state index contributed by atoms with van der Waals surface area (Å²) in [6, 6.07) is 0. The van der Waals surface area contributed by atoms with Crippen LogP contribution in [0.3, 0.4) is 0 Å². The largest absolute Gasteiger partial charge is 0.396 e. The predicted molar refractivity (Wildman–Crippen MR) is 78.3 cm³/mol. The van der Waals surface area contributed by atoms with Crippen LogP contribution in [-0.4, -0.2) is 34.6 Å². The van der Waals surface area contributed by atoms with Crippen molar-refractivity contribution in [3.05, 3.63) is 5.69 Å². The van der Waals surface area contributed by atoms with Gasteiger partial charge in [0, 0.05) is 26.7 Å². The van der Waals surface area contributed by atoms with E-state index in [0.29, 0.717) is 11.8 Å². The van der Waals surface area contributed by atoms with Gasteiger partial charge in [0.05, 0.1) is 11.4 Å². The molecule has 0 saturated carbocycles. The minimum Gasteiger partial charge on any atom is -0.396 e. The average molecular weight is 266 g/mol. The summed E-state index contributed by atoms with van der Waals surface area (Å²) in [5.41, 5.74) is 8.09. The highest BCUT2D eigenvalue weighted by Crippen LogP contribution is 2.33. The van der Waals surface area contributed by atoms with Crippen LogP contribution in [0, 0.1) is 5.92 Å². The van der Waals surface area contributed by atoms with Crippen molar-refractivity contribution in [3.63, 3.8) is 0 Å². The molecule has 1 aromatic heterocycles. The van der Waals surface area contributed by atoms with E-state index in [0.717, 1.165) is 43.1 Å². The van der Waals surface area contributed by atoms with Crippen molar-refractivity contribution in [2.75, 3.05) is 30.3 Å². The molecule has 2 heterocycles. The Morgan fingerprint density at radius 1 is 1.47 bits per heavy atom. The zero-order chi connectivity index (χ0) is 14.0. The molecule has 3 N–H and O–H groups in total. The summed E-state index contributed by atoms with van der Waals surface area (Å²) < 4.78 is 1.91. The second-order valence-corrected chi connectivity index (χ2v) is 5.87. The van der Waals surface area contributed by atoms with Gasteiger partial charge in [-0.25, -0.2) is 0 Å². The molecule has 1 saturated heterocycles. The summed E-state index contributed by atoms with van der Waals surface area (Å²) in [5.74, 6) is 1.96. The lowest BCUT2D eigenvalue weighted by Gasteiger charge is -2.34. The van der Waals surface area contributed by atoms with E-state index in [-0.39, 0.29) is 6.61 Å². The Kier molecular flexibility index (Phi) is 4.34. The number of nitrogen functional groups attached to an aromatic ring is 1. The summed E-state index contributed by atoms with van der Waals surface area (Å²) in [6.07, 6.45) is 3.24. The second-order valence-electron chi connectivity index (χ2n) is 5.87. The third-order valence-corrected chi connectivity index (χ3v) is 3.98. The lowest BCUT2D eigenvalue weighted by atomic mass is 9.95. The van der Waals surface area contributed by atoms with E-state index in [2.05, 4.69) is 23.8 Å². The molecule has 5 heteroatoms. The maximum absolute atomic E-state index is 9.10. The van der Waals surface area contributed by atoms with Crippen molar-refractivity contribution in [1.29, 1.82) is 0 Å². The number of aliphatic hydroxyl groups is 1. The number of anilines is 2. The van der Waals surface area contributed by atoms with E-state index in [1.807, 2.05) is 11.7 Å². The fourth-order valence-electron chi connectivity index (χ4n) is 3.03. The molecular weight excluding hydrogens is 240 g/mol. The Balaban J connectivity index is 2.21. The molecule has 19 heavy (non-hydrogen) atoms. The Morgan fingerprint density at radius 2 is 2.21 bits per heavy atom. The van der Waals surface area contributed by atoms with Crippen LogP contribution in [0.1, 0.15) is 44.7 Å². The summed E-state index contributed by atoms with van der Waals surface area (Å²) in [5, 5.41) is 13.7. The molecule has 1 unspecified atom stereocenters. The summed E-state index contributed by atoms with van der Waals surface area (Å²) in [6.45, 7) is 6.52. The molecule has 1 fully saturated rings. The number of nitrogens with zero attached hydrogens (tertiary/aromatic N) is 3. The van der Waals surface area contributed by atoms with Crippen molar-refractivity contribution >= 4 is 11.5 Å². The molecule has 1 aliphatic rings. The predicted octanol–water partition coefficient (Wildman–Crippen LogP) is 1.72. The normalized spacial score (nSPS) is 20.3. The van der Waals surface area contributed by atoms with Crippen LogP contribution in [-0.2, 0) is 7.05 Å². The summed E-state index contributed by atoms with van der Waals surface area (Å²) >= 11 is 0. The molecule has 0 bridgehead atoms. The standard InChI is InChI=1S/C14H26N4O/c1-10(2)13-12(15)14(17(3)16-13)18-7-4-5-11(9-18)6-8-19/h10-11,19H,4-9,15H2,1-3H3. The molecule has 0 aromatic carbocycles. The Bertz CT molecular complexity index is 425. The van der Waals surface area contributed by atoms with Gasteiger partial charge in [0.15, 0.2) is 0 Å². The smallest absolute Gasteiger partial charge is 0.150 e. The van der Waals surface area contributed by atoms with Gasteiger partial charge in [0.2, 0.25) is 0 Å².